The van der Waals surface area contributed by atoms with Gasteiger partial charge in [-0.2, -0.15) is 5.10 Å². The van der Waals surface area contributed by atoms with Crippen LogP contribution in [0.25, 0.3) is 11.3 Å². The molecule has 3 aromatic rings. The van der Waals surface area contributed by atoms with Gasteiger partial charge in [-0.25, -0.2) is 0 Å². The molecule has 10 nitrogen and oxygen atoms in total. The van der Waals surface area contributed by atoms with E-state index >= 15 is 0 Å². The van der Waals surface area contributed by atoms with E-state index in [4.69, 9.17) is 14.6 Å². The zero-order valence-electron chi connectivity index (χ0n) is 23.1. The predicted octanol–water partition coefficient (Wildman–Crippen LogP) is 2.96. The minimum absolute atomic E-state index is 0.000918. The molecular formula is C29H33N5O5S. The fraction of sp³-hybridized carbons (Fsp3) is 0.379. The van der Waals surface area contributed by atoms with Gasteiger partial charge in [-0.1, -0.05) is 36.4 Å². The molecule has 40 heavy (non-hydrogen) atoms. The van der Waals surface area contributed by atoms with Crippen LogP contribution in [-0.4, -0.2) is 90.0 Å². The highest BCUT2D eigenvalue weighted by molar-refractivity contribution is 8.00. The number of nitrogens with zero attached hydrogens (tertiary/aromatic N) is 5. The summed E-state index contributed by atoms with van der Waals surface area (Å²) in [4.78, 5) is 43.9. The van der Waals surface area contributed by atoms with Crippen LogP contribution in [-0.2, 0) is 21.4 Å². The number of benzene rings is 2. The Labute approximate surface area is 237 Å². The maximum atomic E-state index is 13.6. The van der Waals surface area contributed by atoms with E-state index in [9.17, 15) is 14.4 Å². The van der Waals surface area contributed by atoms with Gasteiger partial charge < -0.3 is 19.3 Å². The van der Waals surface area contributed by atoms with Crippen LogP contribution in [0.1, 0.15) is 23.3 Å². The van der Waals surface area contributed by atoms with Crippen molar-refractivity contribution in [1.29, 1.82) is 0 Å². The third-order valence-corrected chi connectivity index (χ3v) is 8.63. The topological polar surface area (TPSA) is 97.2 Å². The summed E-state index contributed by atoms with van der Waals surface area (Å²) in [6.45, 7) is 3.30. The Hall–Kier alpha value is -3.99. The molecular weight excluding hydrogens is 530 g/mol. The Morgan fingerprint density at radius 3 is 2.30 bits per heavy atom. The first-order valence-corrected chi connectivity index (χ1v) is 14.2. The molecule has 1 aromatic heterocycles. The Morgan fingerprint density at radius 2 is 1.65 bits per heavy atom. The lowest BCUT2D eigenvalue weighted by Gasteiger charge is -2.35. The number of carbonyl (C=O) groups is 3. The lowest BCUT2D eigenvalue weighted by atomic mass is 9.99. The summed E-state index contributed by atoms with van der Waals surface area (Å²) >= 11 is 1.50. The van der Waals surface area contributed by atoms with Crippen LogP contribution >= 0.6 is 11.8 Å². The molecule has 3 amide bonds. The van der Waals surface area contributed by atoms with Crippen LogP contribution in [0.15, 0.2) is 48.5 Å². The van der Waals surface area contributed by atoms with Crippen LogP contribution < -0.4 is 14.4 Å². The molecule has 0 bridgehead atoms. The second kappa shape index (κ2) is 11.6. The smallest absolute Gasteiger partial charge is 0.242 e. The molecule has 210 valence electrons. The van der Waals surface area contributed by atoms with Crippen LogP contribution in [0, 0.1) is 0 Å². The van der Waals surface area contributed by atoms with Crippen molar-refractivity contribution in [2.24, 2.45) is 7.05 Å². The minimum Gasteiger partial charge on any atom is -0.493 e. The molecule has 0 radical (unpaired) electrons. The van der Waals surface area contributed by atoms with E-state index in [-0.39, 0.29) is 35.3 Å². The zero-order valence-corrected chi connectivity index (χ0v) is 23.9. The number of carbonyl (C=O) groups excluding carboxylic acids is 3. The molecule has 1 atom stereocenters. The monoisotopic (exact) mass is 563 g/mol. The maximum absolute atomic E-state index is 13.6. The van der Waals surface area contributed by atoms with Crippen molar-refractivity contribution < 1.29 is 23.9 Å². The molecule has 11 heteroatoms. The first kappa shape index (κ1) is 27.6. The maximum Gasteiger partial charge on any atom is 0.242 e. The summed E-state index contributed by atoms with van der Waals surface area (Å²) in [5, 5.41) is 4.63. The first-order chi connectivity index (χ1) is 19.3. The van der Waals surface area contributed by atoms with Gasteiger partial charge in [0.1, 0.15) is 12.4 Å². The standard InChI is InChI=1S/C29H33N5O5S/c1-19(35)32-12-14-33(15-13-32)24(36)17-34-25(37)18-40-28(21-10-11-22(38-3)23(16-21)39-4)26-27(30-31(2)29(26)34)20-8-6-5-7-9-20/h5-11,16,28H,12-15,17-18H2,1-4H3/t28-/m0/s1. The second-order valence-electron chi connectivity index (χ2n) is 9.75. The van der Waals surface area contributed by atoms with Crippen LogP contribution in [0.3, 0.4) is 0 Å². The molecule has 5 rings (SSSR count). The normalized spacial score (nSPS) is 17.4. The second-order valence-corrected chi connectivity index (χ2v) is 10.8. The number of hydrogen-bond donors (Lipinski definition) is 0. The van der Waals surface area contributed by atoms with E-state index < -0.39 is 0 Å². The summed E-state index contributed by atoms with van der Waals surface area (Å²) in [5.74, 6) is 1.69. The Kier molecular flexibility index (Phi) is 8.02. The largest absolute Gasteiger partial charge is 0.493 e. The molecule has 0 aliphatic carbocycles. The van der Waals surface area contributed by atoms with Gasteiger partial charge in [0.25, 0.3) is 0 Å². The third-order valence-electron chi connectivity index (χ3n) is 7.37. The zero-order chi connectivity index (χ0) is 28.4. The van der Waals surface area contributed by atoms with Crippen molar-refractivity contribution in [2.45, 2.75) is 12.2 Å². The van der Waals surface area contributed by atoms with Gasteiger partial charge in [-0.3, -0.25) is 24.0 Å². The summed E-state index contributed by atoms with van der Waals surface area (Å²) in [6.07, 6.45) is 0. The fourth-order valence-electron chi connectivity index (χ4n) is 5.28. The van der Waals surface area contributed by atoms with E-state index in [1.165, 1.54) is 18.7 Å². The van der Waals surface area contributed by atoms with E-state index in [0.29, 0.717) is 43.5 Å². The number of fused-ring (bicyclic) bond motifs is 1. The number of aromatic nitrogens is 2. The van der Waals surface area contributed by atoms with Gasteiger partial charge in [0.2, 0.25) is 17.7 Å². The molecule has 0 saturated carbocycles. The number of piperazine rings is 1. The number of rotatable bonds is 6. The van der Waals surface area contributed by atoms with Crippen molar-refractivity contribution in [2.75, 3.05) is 57.6 Å². The summed E-state index contributed by atoms with van der Waals surface area (Å²) in [6, 6.07) is 15.6. The predicted molar refractivity (Wildman–Crippen MR) is 154 cm³/mol. The average Bonchev–Trinajstić information content (AvgIpc) is 3.24. The van der Waals surface area contributed by atoms with Crippen molar-refractivity contribution in [3.63, 3.8) is 0 Å². The van der Waals surface area contributed by atoms with Crippen LogP contribution in [0.5, 0.6) is 11.5 Å². The van der Waals surface area contributed by atoms with Gasteiger partial charge in [-0.05, 0) is 17.7 Å². The van der Waals surface area contributed by atoms with Crippen molar-refractivity contribution in [1.82, 2.24) is 19.6 Å². The SMILES string of the molecule is COc1ccc([C@@H]2SCC(=O)N(CC(=O)N3CCN(C(C)=O)CC3)c3c2c(-c2ccccc2)nn3C)cc1OC. The van der Waals surface area contributed by atoms with E-state index in [2.05, 4.69) is 0 Å². The third kappa shape index (κ3) is 5.25. The molecule has 0 unspecified atom stereocenters. The van der Waals surface area contributed by atoms with Gasteiger partial charge in [-0.15, -0.1) is 11.8 Å². The molecule has 1 fully saturated rings. The van der Waals surface area contributed by atoms with Crippen LogP contribution in [0.4, 0.5) is 5.82 Å². The lowest BCUT2D eigenvalue weighted by molar-refractivity contribution is -0.137. The Bertz CT molecular complexity index is 1420. The highest BCUT2D eigenvalue weighted by atomic mass is 32.2. The molecule has 0 spiro atoms. The molecule has 1 saturated heterocycles. The number of amides is 3. The first-order valence-electron chi connectivity index (χ1n) is 13.1. The Balaban J connectivity index is 1.56. The number of anilines is 1. The molecule has 3 heterocycles. The quantitative estimate of drug-likeness (QED) is 0.455. The fourth-order valence-corrected chi connectivity index (χ4v) is 6.47. The van der Waals surface area contributed by atoms with Crippen molar-refractivity contribution in [3.05, 3.63) is 59.7 Å². The van der Waals surface area contributed by atoms with E-state index in [1.807, 2.05) is 55.6 Å². The molecule has 0 N–H and O–H groups in total. The van der Waals surface area contributed by atoms with Gasteiger partial charge in [0, 0.05) is 51.3 Å². The minimum atomic E-state index is -0.248. The van der Waals surface area contributed by atoms with Crippen molar-refractivity contribution >= 4 is 35.3 Å². The van der Waals surface area contributed by atoms with Crippen molar-refractivity contribution in [3.8, 4) is 22.8 Å². The highest BCUT2D eigenvalue weighted by Crippen LogP contribution is 2.48. The molecule has 2 aliphatic heterocycles. The van der Waals surface area contributed by atoms with Crippen LogP contribution in [0.2, 0.25) is 0 Å². The molecule has 2 aromatic carbocycles. The van der Waals surface area contributed by atoms with Gasteiger partial charge in [0.15, 0.2) is 11.5 Å². The molecule has 2 aliphatic rings. The van der Waals surface area contributed by atoms with E-state index in [0.717, 1.165) is 22.4 Å². The number of methoxy groups -OCH3 is 2. The highest BCUT2D eigenvalue weighted by Gasteiger charge is 2.37. The lowest BCUT2D eigenvalue weighted by Crippen LogP contribution is -2.53. The number of aryl methyl sites for hydroxylation is 1. The number of hydrogen-bond acceptors (Lipinski definition) is 7. The summed E-state index contributed by atoms with van der Waals surface area (Å²) < 4.78 is 12.7. The number of ether oxygens (including phenoxy) is 2. The van der Waals surface area contributed by atoms with Gasteiger partial charge >= 0.3 is 0 Å². The average molecular weight is 564 g/mol. The van der Waals surface area contributed by atoms with E-state index in [1.54, 1.807) is 33.6 Å². The van der Waals surface area contributed by atoms with Gasteiger partial charge in [0.05, 0.1) is 30.9 Å². The number of thioether (sulfide) groups is 1. The summed E-state index contributed by atoms with van der Waals surface area (Å²) in [7, 11) is 5.00. The summed E-state index contributed by atoms with van der Waals surface area (Å²) in [5.41, 5.74) is 3.49. The Morgan fingerprint density at radius 1 is 0.975 bits per heavy atom.